The molecule has 0 saturated heterocycles. The van der Waals surface area contributed by atoms with Gasteiger partial charge in [-0.05, 0) is 17.7 Å². The van der Waals surface area contributed by atoms with Crippen LogP contribution in [0.15, 0.2) is 24.3 Å². The summed E-state index contributed by atoms with van der Waals surface area (Å²) in [5, 5.41) is 0.821. The maximum absolute atomic E-state index is 5.93. The number of benzene rings is 1. The van der Waals surface area contributed by atoms with Gasteiger partial charge in [-0.15, -0.1) is 0 Å². The van der Waals surface area contributed by atoms with Gasteiger partial charge < -0.3 is 4.23 Å². The van der Waals surface area contributed by atoms with Crippen LogP contribution in [-0.2, 0) is 6.54 Å². The molecule has 0 spiro atoms. The smallest absolute Gasteiger partial charge is 0.112 e. The Labute approximate surface area is 113 Å². The van der Waals surface area contributed by atoms with Crippen molar-refractivity contribution in [3.63, 3.8) is 0 Å². The highest BCUT2D eigenvalue weighted by molar-refractivity contribution is 6.89. The molecule has 0 aliphatic rings. The summed E-state index contributed by atoms with van der Waals surface area (Å²) in [4.78, 5) is 0. The predicted octanol–water partition coefficient (Wildman–Crippen LogP) is 4.81. The van der Waals surface area contributed by atoms with Crippen LogP contribution in [0.25, 0.3) is 0 Å². The molecule has 0 aliphatic heterocycles. The van der Waals surface area contributed by atoms with Crippen molar-refractivity contribution in [3.8, 4) is 0 Å². The molecule has 1 nitrogen and oxygen atoms in total. The van der Waals surface area contributed by atoms with E-state index in [4.69, 9.17) is 11.6 Å². The van der Waals surface area contributed by atoms with Gasteiger partial charge >= 0.3 is 0 Å². The lowest BCUT2D eigenvalue weighted by molar-refractivity contribution is 0.612. The lowest BCUT2D eigenvalue weighted by Gasteiger charge is -2.43. The molecule has 0 unspecified atom stereocenters. The molecule has 0 heterocycles. The summed E-state index contributed by atoms with van der Waals surface area (Å²) in [6.45, 7) is 15.7. The third-order valence-electron chi connectivity index (χ3n) is 2.87. The van der Waals surface area contributed by atoms with E-state index in [1.165, 1.54) is 5.56 Å². The first kappa shape index (κ1) is 15.0. The monoisotopic (exact) mass is 285 g/mol. The van der Waals surface area contributed by atoms with Gasteiger partial charge in [0.2, 0.25) is 0 Å². The molecular weight excluding hydrogens is 262 g/mol. The largest absolute Gasteiger partial charge is 0.342 e. The first-order valence-electron chi connectivity index (χ1n) is 6.13. The molecule has 17 heavy (non-hydrogen) atoms. The van der Waals surface area contributed by atoms with Crippen LogP contribution in [0.5, 0.6) is 0 Å². The van der Waals surface area contributed by atoms with Gasteiger partial charge in [-0.2, -0.15) is 0 Å². The van der Waals surface area contributed by atoms with E-state index in [0.717, 1.165) is 11.6 Å². The summed E-state index contributed by atoms with van der Waals surface area (Å²) in [6.07, 6.45) is 0. The number of nitrogens with zero attached hydrogens (tertiary/aromatic N) is 1. The molecule has 0 atom stereocenters. The van der Waals surface area contributed by atoms with Crippen LogP contribution < -0.4 is 0 Å². The van der Waals surface area contributed by atoms with Crippen molar-refractivity contribution in [2.45, 2.75) is 45.8 Å². The normalized spacial score (nSPS) is 13.2. The third kappa shape index (κ3) is 4.58. The van der Waals surface area contributed by atoms with Crippen LogP contribution in [0, 0.1) is 0 Å². The first-order valence-corrected chi connectivity index (χ1v) is 13.4. The Morgan fingerprint density at radius 2 is 1.29 bits per heavy atom. The predicted molar refractivity (Wildman–Crippen MR) is 83.7 cm³/mol. The van der Waals surface area contributed by atoms with Crippen LogP contribution in [0.2, 0.25) is 44.3 Å². The topological polar surface area (TPSA) is 3.24 Å². The molecule has 0 amide bonds. The standard InChI is InChI=1S/C13H24ClNSi2/c1-16(2,3)15(17(4,5)6)11-12-7-9-13(14)10-8-12/h7-10H,11H2,1-6H3. The fraction of sp³-hybridized carbons (Fsp3) is 0.538. The molecule has 4 heteroatoms. The van der Waals surface area contributed by atoms with Gasteiger partial charge in [0.05, 0.1) is 0 Å². The molecule has 1 aromatic carbocycles. The number of halogens is 1. The lowest BCUT2D eigenvalue weighted by atomic mass is 10.2. The number of hydrogen-bond donors (Lipinski definition) is 0. The highest BCUT2D eigenvalue weighted by Gasteiger charge is 2.33. The number of hydrogen-bond acceptors (Lipinski definition) is 1. The van der Waals surface area contributed by atoms with E-state index in [1.807, 2.05) is 12.1 Å². The average molecular weight is 286 g/mol. The van der Waals surface area contributed by atoms with Crippen molar-refractivity contribution in [2.75, 3.05) is 0 Å². The molecule has 96 valence electrons. The van der Waals surface area contributed by atoms with E-state index in [2.05, 4.69) is 55.6 Å². The Hall–Kier alpha value is -0.0962. The zero-order chi connectivity index (χ0) is 13.3. The zero-order valence-electron chi connectivity index (χ0n) is 11.8. The van der Waals surface area contributed by atoms with Crippen LogP contribution in [0.3, 0.4) is 0 Å². The Morgan fingerprint density at radius 3 is 1.65 bits per heavy atom. The number of rotatable bonds is 4. The molecule has 0 fully saturated rings. The maximum atomic E-state index is 5.93. The Kier molecular flexibility index (Phi) is 4.63. The lowest BCUT2D eigenvalue weighted by Crippen LogP contribution is -2.58. The minimum atomic E-state index is -1.26. The highest BCUT2D eigenvalue weighted by atomic mass is 35.5. The van der Waals surface area contributed by atoms with Crippen molar-refractivity contribution in [2.24, 2.45) is 0 Å². The molecular formula is C13H24ClNSi2. The summed E-state index contributed by atoms with van der Waals surface area (Å²) in [7, 11) is -2.51. The van der Waals surface area contributed by atoms with Gasteiger partial charge in [-0.3, -0.25) is 0 Å². The second-order valence-electron chi connectivity index (χ2n) is 6.55. The Bertz CT molecular complexity index is 348. The van der Waals surface area contributed by atoms with Crippen LogP contribution in [0.4, 0.5) is 0 Å². The molecule has 1 aromatic rings. The molecule has 0 N–H and O–H groups in total. The Balaban J connectivity index is 2.92. The quantitative estimate of drug-likeness (QED) is 0.718. The van der Waals surface area contributed by atoms with E-state index in [0.29, 0.717) is 0 Å². The second-order valence-corrected chi connectivity index (χ2v) is 17.2. The van der Waals surface area contributed by atoms with Crippen LogP contribution in [-0.4, -0.2) is 20.7 Å². The molecule has 0 aliphatic carbocycles. The van der Waals surface area contributed by atoms with Crippen molar-refractivity contribution in [1.82, 2.24) is 4.23 Å². The van der Waals surface area contributed by atoms with E-state index < -0.39 is 16.5 Å². The maximum Gasteiger partial charge on any atom is 0.112 e. The second kappa shape index (κ2) is 5.26. The average Bonchev–Trinajstić information content (AvgIpc) is 2.13. The van der Waals surface area contributed by atoms with E-state index in [9.17, 15) is 0 Å². The third-order valence-corrected chi connectivity index (χ3v) is 10.7. The van der Waals surface area contributed by atoms with Crippen molar-refractivity contribution < 1.29 is 0 Å². The van der Waals surface area contributed by atoms with Gasteiger partial charge in [0.1, 0.15) is 16.5 Å². The Morgan fingerprint density at radius 1 is 0.882 bits per heavy atom. The van der Waals surface area contributed by atoms with E-state index in [1.54, 1.807) is 0 Å². The molecule has 1 rings (SSSR count). The van der Waals surface area contributed by atoms with Gasteiger partial charge in [0, 0.05) is 11.6 Å². The van der Waals surface area contributed by atoms with Crippen molar-refractivity contribution in [1.29, 1.82) is 0 Å². The summed E-state index contributed by atoms with van der Waals surface area (Å²) in [6, 6.07) is 8.28. The van der Waals surface area contributed by atoms with Crippen molar-refractivity contribution >= 4 is 28.1 Å². The summed E-state index contributed by atoms with van der Waals surface area (Å²) < 4.78 is 2.78. The van der Waals surface area contributed by atoms with Gasteiger partial charge in [-0.25, -0.2) is 0 Å². The summed E-state index contributed by atoms with van der Waals surface area (Å²) in [5.74, 6) is 0. The van der Waals surface area contributed by atoms with E-state index in [-0.39, 0.29) is 0 Å². The first-order chi connectivity index (χ1) is 7.60. The summed E-state index contributed by atoms with van der Waals surface area (Å²) in [5.41, 5.74) is 1.37. The van der Waals surface area contributed by atoms with Gasteiger partial charge in [0.25, 0.3) is 0 Å². The van der Waals surface area contributed by atoms with Gasteiger partial charge in [0.15, 0.2) is 0 Å². The molecule has 0 aromatic heterocycles. The molecule has 0 radical (unpaired) electrons. The van der Waals surface area contributed by atoms with Crippen LogP contribution in [0.1, 0.15) is 5.56 Å². The highest BCUT2D eigenvalue weighted by Crippen LogP contribution is 2.23. The van der Waals surface area contributed by atoms with E-state index >= 15 is 0 Å². The van der Waals surface area contributed by atoms with Gasteiger partial charge in [-0.1, -0.05) is 63.0 Å². The van der Waals surface area contributed by atoms with Crippen molar-refractivity contribution in [3.05, 3.63) is 34.9 Å². The zero-order valence-corrected chi connectivity index (χ0v) is 14.6. The SMILES string of the molecule is C[Si](C)(C)N(Cc1ccc(Cl)cc1)[Si](C)(C)C. The molecule has 0 bridgehead atoms. The minimum absolute atomic E-state index is 0.821. The fourth-order valence-corrected chi connectivity index (χ4v) is 11.7. The fourth-order valence-electron chi connectivity index (χ4n) is 2.25. The summed E-state index contributed by atoms with van der Waals surface area (Å²) >= 11 is 5.93. The minimum Gasteiger partial charge on any atom is -0.342 e. The van der Waals surface area contributed by atoms with Crippen LogP contribution >= 0.6 is 11.6 Å². The molecule has 0 saturated carbocycles.